The van der Waals surface area contributed by atoms with Crippen LogP contribution in [0.1, 0.15) is 55.1 Å². The maximum Gasteiger partial charge on any atom is 0.219 e. The van der Waals surface area contributed by atoms with Crippen molar-refractivity contribution in [1.29, 1.82) is 0 Å². The van der Waals surface area contributed by atoms with Gasteiger partial charge in [0.15, 0.2) is 0 Å². The zero-order valence-corrected chi connectivity index (χ0v) is 19.1. The molecule has 1 fully saturated rings. The van der Waals surface area contributed by atoms with Crippen LogP contribution in [0.2, 0.25) is 0 Å². The van der Waals surface area contributed by atoms with Crippen molar-refractivity contribution in [3.8, 4) is 16.9 Å². The maximum atomic E-state index is 6.04. The number of nitrogens with two attached hydrogens (primary N) is 1. The van der Waals surface area contributed by atoms with Gasteiger partial charge in [-0.15, -0.1) is 0 Å². The van der Waals surface area contributed by atoms with E-state index in [1.165, 1.54) is 17.5 Å². The van der Waals surface area contributed by atoms with Crippen LogP contribution in [0.4, 0.5) is 5.95 Å². The van der Waals surface area contributed by atoms with Gasteiger partial charge in [0.25, 0.3) is 0 Å². The van der Waals surface area contributed by atoms with Crippen LogP contribution in [0.5, 0.6) is 5.75 Å². The third-order valence-corrected chi connectivity index (χ3v) is 6.44. The van der Waals surface area contributed by atoms with Crippen LogP contribution in [-0.2, 0) is 13.0 Å². The first-order chi connectivity index (χ1) is 15.3. The molecule has 0 bridgehead atoms. The highest BCUT2D eigenvalue weighted by Gasteiger charge is 2.30. The lowest BCUT2D eigenvalue weighted by molar-refractivity contribution is 0.138. The molecule has 6 heteroatoms. The third kappa shape index (κ3) is 4.46. The fourth-order valence-electron chi connectivity index (χ4n) is 5.02. The van der Waals surface area contributed by atoms with Crippen molar-refractivity contribution in [1.82, 2.24) is 19.9 Å². The number of pyridine rings is 1. The van der Waals surface area contributed by atoms with Crippen LogP contribution < -0.4 is 10.5 Å². The average Bonchev–Trinajstić information content (AvgIpc) is 3.07. The van der Waals surface area contributed by atoms with E-state index in [0.29, 0.717) is 11.9 Å². The Bertz CT molecular complexity index is 1130. The number of rotatable bonds is 4. The molecule has 1 saturated heterocycles. The first-order valence-corrected chi connectivity index (χ1v) is 11.4. The summed E-state index contributed by atoms with van der Waals surface area (Å²) in [4.78, 5) is 15.8. The molecule has 0 unspecified atom stereocenters. The van der Waals surface area contributed by atoms with E-state index >= 15 is 0 Å². The maximum absolute atomic E-state index is 6.04. The molecule has 6 nitrogen and oxygen atoms in total. The van der Waals surface area contributed by atoms with Crippen LogP contribution in [0.3, 0.4) is 0 Å². The smallest absolute Gasteiger partial charge is 0.219 e. The predicted octanol–water partition coefficient (Wildman–Crippen LogP) is 4.52. The number of likely N-dealkylation sites (tertiary alicyclic amines) is 1. The van der Waals surface area contributed by atoms with Crippen molar-refractivity contribution in [3.63, 3.8) is 0 Å². The molecule has 32 heavy (non-hydrogen) atoms. The average molecular weight is 430 g/mol. The molecule has 5 rings (SSSR count). The molecule has 2 N–H and O–H groups in total. The molecule has 0 aliphatic carbocycles. The zero-order chi connectivity index (χ0) is 22.3. The summed E-state index contributed by atoms with van der Waals surface area (Å²) in [5.41, 5.74) is 12.5. The lowest BCUT2D eigenvalue weighted by atomic mass is 9.92. The standard InChI is InChI=1S/C26H31N5O/c1-17-9-20(22-13-28-25(27)29-14-22)11-23(30-17)19-5-4-8-31(16-19)15-18-6-7-24-21(10-18)12-26(2,3)32-24/h6-7,9-11,13-14,19H,4-5,8,12,15-16H2,1-3H3,(H2,27,28,29)/t19-/m1/s1. The highest BCUT2D eigenvalue weighted by atomic mass is 16.5. The van der Waals surface area contributed by atoms with Crippen LogP contribution >= 0.6 is 0 Å². The van der Waals surface area contributed by atoms with Crippen molar-refractivity contribution in [2.45, 2.75) is 58.1 Å². The summed E-state index contributed by atoms with van der Waals surface area (Å²) >= 11 is 0. The van der Waals surface area contributed by atoms with Gasteiger partial charge >= 0.3 is 0 Å². The number of nitrogens with zero attached hydrogens (tertiary/aromatic N) is 4. The number of piperidine rings is 1. The SMILES string of the molecule is Cc1cc(-c2cnc(N)nc2)cc([C@@H]2CCCN(Cc3ccc4c(c3)CC(C)(C)O4)C2)n1. The Morgan fingerprint density at radius 2 is 1.94 bits per heavy atom. The van der Waals surface area contributed by atoms with E-state index in [4.69, 9.17) is 15.5 Å². The lowest BCUT2D eigenvalue weighted by Gasteiger charge is -2.33. The Morgan fingerprint density at radius 1 is 1.12 bits per heavy atom. The molecule has 4 heterocycles. The first-order valence-electron chi connectivity index (χ1n) is 11.4. The Morgan fingerprint density at radius 3 is 2.75 bits per heavy atom. The van der Waals surface area contributed by atoms with Crippen molar-refractivity contribution in [3.05, 3.63) is 65.2 Å². The molecular weight excluding hydrogens is 398 g/mol. The van der Waals surface area contributed by atoms with E-state index < -0.39 is 0 Å². The molecular formula is C26H31N5O. The number of aryl methyl sites for hydroxylation is 1. The Hall–Kier alpha value is -2.99. The van der Waals surface area contributed by atoms with Gasteiger partial charge in [0.2, 0.25) is 5.95 Å². The summed E-state index contributed by atoms with van der Waals surface area (Å²) in [7, 11) is 0. The van der Waals surface area contributed by atoms with Gasteiger partial charge in [0.1, 0.15) is 11.4 Å². The number of ether oxygens (including phenoxy) is 1. The van der Waals surface area contributed by atoms with Crippen molar-refractivity contribution >= 4 is 5.95 Å². The minimum atomic E-state index is -0.0960. The number of nitrogen functional groups attached to an aromatic ring is 1. The summed E-state index contributed by atoms with van der Waals surface area (Å²) in [6.07, 6.45) is 6.89. The van der Waals surface area contributed by atoms with Crippen LogP contribution in [-0.4, -0.2) is 38.5 Å². The quantitative estimate of drug-likeness (QED) is 0.657. The molecule has 1 atom stereocenters. The molecule has 0 spiro atoms. The van der Waals surface area contributed by atoms with Crippen molar-refractivity contribution in [2.24, 2.45) is 0 Å². The fraction of sp³-hybridized carbons (Fsp3) is 0.423. The molecule has 2 aliphatic rings. The second-order valence-electron chi connectivity index (χ2n) is 9.81. The zero-order valence-electron chi connectivity index (χ0n) is 19.1. The van der Waals surface area contributed by atoms with Crippen LogP contribution in [0, 0.1) is 6.92 Å². The van der Waals surface area contributed by atoms with Gasteiger partial charge in [-0.2, -0.15) is 0 Å². The molecule has 0 saturated carbocycles. The van der Waals surface area contributed by atoms with Gasteiger partial charge in [0.05, 0.1) is 0 Å². The predicted molar refractivity (Wildman–Crippen MR) is 127 cm³/mol. The molecule has 3 aromatic rings. The van der Waals surface area contributed by atoms with E-state index in [1.54, 1.807) is 12.4 Å². The van der Waals surface area contributed by atoms with E-state index in [1.807, 2.05) is 0 Å². The molecule has 166 valence electrons. The second-order valence-corrected chi connectivity index (χ2v) is 9.81. The van der Waals surface area contributed by atoms with Gasteiger partial charge in [-0.05, 0) is 75.0 Å². The minimum absolute atomic E-state index is 0.0960. The first kappa shape index (κ1) is 20.9. The number of hydrogen-bond donors (Lipinski definition) is 1. The topological polar surface area (TPSA) is 77.2 Å². The molecule has 2 aliphatic heterocycles. The lowest BCUT2D eigenvalue weighted by Crippen LogP contribution is -2.34. The number of anilines is 1. The third-order valence-electron chi connectivity index (χ3n) is 6.44. The Kier molecular flexibility index (Phi) is 5.33. The largest absolute Gasteiger partial charge is 0.487 e. The fourth-order valence-corrected chi connectivity index (χ4v) is 5.02. The van der Waals surface area contributed by atoms with Gasteiger partial charge in [-0.1, -0.05) is 12.1 Å². The molecule has 0 radical (unpaired) electrons. The summed E-state index contributed by atoms with van der Waals surface area (Å²) in [6, 6.07) is 11.0. The van der Waals surface area contributed by atoms with Gasteiger partial charge in [-0.25, -0.2) is 9.97 Å². The summed E-state index contributed by atoms with van der Waals surface area (Å²) in [5.74, 6) is 1.76. The van der Waals surface area contributed by atoms with Crippen LogP contribution in [0.25, 0.3) is 11.1 Å². The molecule has 1 aromatic carbocycles. The van der Waals surface area contributed by atoms with Crippen molar-refractivity contribution in [2.75, 3.05) is 18.8 Å². The highest BCUT2D eigenvalue weighted by molar-refractivity contribution is 5.63. The highest BCUT2D eigenvalue weighted by Crippen LogP contribution is 2.36. The van der Waals surface area contributed by atoms with Gasteiger partial charge in [-0.3, -0.25) is 9.88 Å². The number of benzene rings is 1. The molecule has 2 aromatic heterocycles. The normalized spacial score (nSPS) is 20.0. The molecule has 0 amide bonds. The van der Waals surface area contributed by atoms with Gasteiger partial charge < -0.3 is 10.5 Å². The Balaban J connectivity index is 1.32. The van der Waals surface area contributed by atoms with E-state index in [-0.39, 0.29) is 5.60 Å². The van der Waals surface area contributed by atoms with E-state index in [2.05, 4.69) is 66.0 Å². The van der Waals surface area contributed by atoms with E-state index in [0.717, 1.165) is 60.7 Å². The van der Waals surface area contributed by atoms with Crippen molar-refractivity contribution < 1.29 is 4.74 Å². The van der Waals surface area contributed by atoms with Crippen LogP contribution in [0.15, 0.2) is 42.7 Å². The number of hydrogen-bond acceptors (Lipinski definition) is 6. The summed E-state index contributed by atoms with van der Waals surface area (Å²) in [6.45, 7) is 9.48. The minimum Gasteiger partial charge on any atom is -0.487 e. The van der Waals surface area contributed by atoms with E-state index in [9.17, 15) is 0 Å². The summed E-state index contributed by atoms with van der Waals surface area (Å²) in [5, 5.41) is 0. The number of aromatic nitrogens is 3. The number of fused-ring (bicyclic) bond motifs is 1. The summed E-state index contributed by atoms with van der Waals surface area (Å²) < 4.78 is 6.04. The second kappa shape index (κ2) is 8.17. The Labute approximate surface area is 189 Å². The monoisotopic (exact) mass is 429 g/mol. The van der Waals surface area contributed by atoms with Gasteiger partial charge in [0, 0.05) is 54.8 Å².